The Morgan fingerprint density at radius 1 is 1.25 bits per heavy atom. The summed E-state index contributed by atoms with van der Waals surface area (Å²) >= 11 is 0. The molecule has 1 N–H and O–H groups in total. The normalized spacial score (nSPS) is 10.8. The molecular weight excluding hydrogens is 306 g/mol. The molecule has 0 saturated heterocycles. The summed E-state index contributed by atoms with van der Waals surface area (Å²) in [5, 5.41) is 3.08. The minimum absolute atomic E-state index is 0.175. The highest BCUT2D eigenvalue weighted by atomic mass is 16.5. The number of nitrogens with one attached hydrogen (secondary N) is 1. The van der Waals surface area contributed by atoms with Gasteiger partial charge in [-0.3, -0.25) is 9.36 Å². The standard InChI is InChI=1S/C18H25N3O3/c1-4-23-16-8-6-15(7-9-16)21-12-11-20-17(18(21)22)19-10-5-13-24-14(2)3/h6-9,11-12,14H,4-5,10,13H2,1-3H3,(H,19,20). The largest absolute Gasteiger partial charge is 0.494 e. The fraction of sp³-hybridized carbons (Fsp3) is 0.444. The third kappa shape index (κ3) is 5.09. The summed E-state index contributed by atoms with van der Waals surface area (Å²) in [6, 6.07) is 7.41. The lowest BCUT2D eigenvalue weighted by atomic mass is 10.3. The van der Waals surface area contributed by atoms with Crippen LogP contribution >= 0.6 is 0 Å². The molecule has 6 nitrogen and oxygen atoms in total. The van der Waals surface area contributed by atoms with Gasteiger partial charge in [0.2, 0.25) is 0 Å². The second-order valence-corrected chi connectivity index (χ2v) is 5.58. The number of ether oxygens (including phenoxy) is 2. The lowest BCUT2D eigenvalue weighted by molar-refractivity contribution is 0.0787. The van der Waals surface area contributed by atoms with Gasteiger partial charge in [0.05, 0.1) is 12.7 Å². The van der Waals surface area contributed by atoms with Gasteiger partial charge in [-0.2, -0.15) is 0 Å². The van der Waals surface area contributed by atoms with E-state index < -0.39 is 0 Å². The van der Waals surface area contributed by atoms with Gasteiger partial charge >= 0.3 is 0 Å². The average Bonchev–Trinajstić information content (AvgIpc) is 2.57. The molecule has 6 heteroatoms. The van der Waals surface area contributed by atoms with Crippen LogP contribution in [0.25, 0.3) is 5.69 Å². The van der Waals surface area contributed by atoms with Crippen LogP contribution in [-0.4, -0.2) is 35.4 Å². The molecule has 0 saturated carbocycles. The van der Waals surface area contributed by atoms with E-state index >= 15 is 0 Å². The Morgan fingerprint density at radius 2 is 2.00 bits per heavy atom. The van der Waals surface area contributed by atoms with Crippen LogP contribution in [0.4, 0.5) is 5.82 Å². The SMILES string of the molecule is CCOc1ccc(-n2ccnc(NCCCOC(C)C)c2=O)cc1. The molecule has 0 amide bonds. The van der Waals surface area contributed by atoms with Gasteiger partial charge < -0.3 is 14.8 Å². The highest BCUT2D eigenvalue weighted by Gasteiger charge is 2.06. The van der Waals surface area contributed by atoms with E-state index in [2.05, 4.69) is 10.3 Å². The van der Waals surface area contributed by atoms with Gasteiger partial charge in [-0.1, -0.05) is 0 Å². The summed E-state index contributed by atoms with van der Waals surface area (Å²) in [4.78, 5) is 16.7. The van der Waals surface area contributed by atoms with Crippen molar-refractivity contribution >= 4 is 5.82 Å². The lowest BCUT2D eigenvalue weighted by Gasteiger charge is -2.11. The van der Waals surface area contributed by atoms with E-state index in [9.17, 15) is 4.79 Å². The molecule has 130 valence electrons. The van der Waals surface area contributed by atoms with E-state index in [1.165, 1.54) is 0 Å². The summed E-state index contributed by atoms with van der Waals surface area (Å²) in [7, 11) is 0. The third-order valence-electron chi connectivity index (χ3n) is 3.33. The Labute approximate surface area is 142 Å². The van der Waals surface area contributed by atoms with E-state index in [-0.39, 0.29) is 11.7 Å². The van der Waals surface area contributed by atoms with Crippen molar-refractivity contribution in [2.24, 2.45) is 0 Å². The van der Waals surface area contributed by atoms with Crippen LogP contribution in [0.3, 0.4) is 0 Å². The maximum absolute atomic E-state index is 12.5. The number of rotatable bonds is 9. The van der Waals surface area contributed by atoms with Crippen LogP contribution in [0.2, 0.25) is 0 Å². The molecule has 0 bridgehead atoms. The van der Waals surface area contributed by atoms with E-state index in [0.717, 1.165) is 17.9 Å². The molecule has 0 aliphatic carbocycles. The number of nitrogens with zero attached hydrogens (tertiary/aromatic N) is 2. The van der Waals surface area contributed by atoms with Crippen molar-refractivity contribution in [2.75, 3.05) is 25.1 Å². The minimum Gasteiger partial charge on any atom is -0.494 e. The van der Waals surface area contributed by atoms with Crippen molar-refractivity contribution in [1.82, 2.24) is 9.55 Å². The molecule has 1 heterocycles. The molecule has 0 aliphatic heterocycles. The summed E-state index contributed by atoms with van der Waals surface area (Å²) in [5.41, 5.74) is 0.600. The van der Waals surface area contributed by atoms with Crippen molar-refractivity contribution in [3.05, 3.63) is 47.0 Å². The molecule has 0 atom stereocenters. The predicted molar refractivity (Wildman–Crippen MR) is 95.2 cm³/mol. The van der Waals surface area contributed by atoms with Crippen LogP contribution < -0.4 is 15.6 Å². The van der Waals surface area contributed by atoms with Crippen LogP contribution in [0.1, 0.15) is 27.2 Å². The summed E-state index contributed by atoms with van der Waals surface area (Å²) in [5.74, 6) is 1.13. The molecule has 2 aromatic rings. The molecule has 0 aliphatic rings. The molecule has 2 rings (SSSR count). The first-order chi connectivity index (χ1) is 11.6. The molecule has 1 aromatic heterocycles. The van der Waals surface area contributed by atoms with Gasteiger partial charge in [0.25, 0.3) is 5.56 Å². The maximum atomic E-state index is 12.5. The van der Waals surface area contributed by atoms with Crippen molar-refractivity contribution in [3.63, 3.8) is 0 Å². The molecule has 0 unspecified atom stereocenters. The van der Waals surface area contributed by atoms with Gasteiger partial charge in [-0.25, -0.2) is 4.98 Å². The number of hydrogen-bond acceptors (Lipinski definition) is 5. The summed E-state index contributed by atoms with van der Waals surface area (Å²) in [6.07, 6.45) is 4.31. The van der Waals surface area contributed by atoms with E-state index in [0.29, 0.717) is 25.6 Å². The second kappa shape index (κ2) is 9.08. The van der Waals surface area contributed by atoms with Crippen LogP contribution in [0, 0.1) is 0 Å². The Balaban J connectivity index is 2.03. The van der Waals surface area contributed by atoms with E-state index in [1.54, 1.807) is 17.0 Å². The highest BCUT2D eigenvalue weighted by Crippen LogP contribution is 2.14. The van der Waals surface area contributed by atoms with Crippen LogP contribution in [-0.2, 0) is 4.74 Å². The van der Waals surface area contributed by atoms with Crippen molar-refractivity contribution in [3.8, 4) is 11.4 Å². The maximum Gasteiger partial charge on any atom is 0.297 e. The second-order valence-electron chi connectivity index (χ2n) is 5.58. The predicted octanol–water partition coefficient (Wildman–Crippen LogP) is 2.86. The molecular formula is C18H25N3O3. The van der Waals surface area contributed by atoms with Gasteiger partial charge in [-0.05, 0) is 51.5 Å². The zero-order chi connectivity index (χ0) is 17.4. The van der Waals surface area contributed by atoms with Gasteiger partial charge in [0.1, 0.15) is 5.75 Å². The number of hydrogen-bond donors (Lipinski definition) is 1. The van der Waals surface area contributed by atoms with E-state index in [4.69, 9.17) is 9.47 Å². The first-order valence-electron chi connectivity index (χ1n) is 8.28. The highest BCUT2D eigenvalue weighted by molar-refractivity contribution is 5.40. The quantitative estimate of drug-likeness (QED) is 0.716. The van der Waals surface area contributed by atoms with Gasteiger partial charge in [0, 0.05) is 31.2 Å². The Morgan fingerprint density at radius 3 is 2.67 bits per heavy atom. The first-order valence-corrected chi connectivity index (χ1v) is 8.28. The molecule has 0 spiro atoms. The lowest BCUT2D eigenvalue weighted by Crippen LogP contribution is -2.24. The van der Waals surface area contributed by atoms with Crippen LogP contribution in [0.5, 0.6) is 5.75 Å². The topological polar surface area (TPSA) is 65.4 Å². The fourth-order valence-corrected chi connectivity index (χ4v) is 2.20. The summed E-state index contributed by atoms with van der Waals surface area (Å²) in [6.45, 7) is 7.85. The smallest absolute Gasteiger partial charge is 0.297 e. The molecule has 1 aromatic carbocycles. The summed E-state index contributed by atoms with van der Waals surface area (Å²) < 4.78 is 12.5. The zero-order valence-corrected chi connectivity index (χ0v) is 14.5. The van der Waals surface area contributed by atoms with Crippen molar-refractivity contribution in [2.45, 2.75) is 33.3 Å². The Kier molecular flexibility index (Phi) is 6.81. The Hall–Kier alpha value is -2.34. The first kappa shape index (κ1) is 18.0. The van der Waals surface area contributed by atoms with Gasteiger partial charge in [-0.15, -0.1) is 0 Å². The third-order valence-corrected chi connectivity index (χ3v) is 3.33. The molecule has 24 heavy (non-hydrogen) atoms. The van der Waals surface area contributed by atoms with Crippen molar-refractivity contribution < 1.29 is 9.47 Å². The fourth-order valence-electron chi connectivity index (χ4n) is 2.20. The zero-order valence-electron chi connectivity index (χ0n) is 14.5. The van der Waals surface area contributed by atoms with Gasteiger partial charge in [0.15, 0.2) is 5.82 Å². The van der Waals surface area contributed by atoms with E-state index in [1.807, 2.05) is 45.0 Å². The van der Waals surface area contributed by atoms with Crippen LogP contribution in [0.15, 0.2) is 41.5 Å². The van der Waals surface area contributed by atoms with Crippen molar-refractivity contribution in [1.29, 1.82) is 0 Å². The number of aromatic nitrogens is 2. The average molecular weight is 331 g/mol. The molecule has 0 radical (unpaired) electrons. The molecule has 0 fully saturated rings. The minimum atomic E-state index is -0.175. The number of anilines is 1. The Bertz CT molecular complexity index is 681. The monoisotopic (exact) mass is 331 g/mol. The number of benzene rings is 1.